The van der Waals surface area contributed by atoms with Gasteiger partial charge in [0.15, 0.2) is 0 Å². The molecule has 0 amide bonds. The van der Waals surface area contributed by atoms with Crippen LogP contribution >= 0.6 is 22.6 Å². The molecule has 2 heteroatoms. The lowest BCUT2D eigenvalue weighted by molar-refractivity contribution is 0.207. The summed E-state index contributed by atoms with van der Waals surface area (Å²) in [5, 5.41) is 9.61. The second-order valence-corrected chi connectivity index (χ2v) is 4.79. The summed E-state index contributed by atoms with van der Waals surface area (Å²) in [4.78, 5) is 0. The molecule has 0 heterocycles. The molecule has 11 heavy (non-hydrogen) atoms. The molecule has 0 saturated heterocycles. The molecule has 1 nitrogen and oxygen atoms in total. The lowest BCUT2D eigenvalue weighted by Gasteiger charge is -2.38. The van der Waals surface area contributed by atoms with E-state index >= 15 is 0 Å². The number of aliphatic hydroxyl groups excluding tert-OH is 1. The highest BCUT2D eigenvalue weighted by molar-refractivity contribution is 14.1. The smallest absolute Gasteiger partial charge is 0.0973 e. The summed E-state index contributed by atoms with van der Waals surface area (Å²) in [6.07, 6.45) is 3.40. The van der Waals surface area contributed by atoms with Gasteiger partial charge in [0, 0.05) is 0 Å². The maximum atomic E-state index is 9.61. The fourth-order valence-electron chi connectivity index (χ4n) is 2.44. The number of alkyl halides is 1. The predicted octanol–water partition coefficient (Wildman–Crippen LogP) is 1.96. The van der Waals surface area contributed by atoms with Gasteiger partial charge in [-0.1, -0.05) is 33.7 Å². The Bertz CT molecular complexity index is 273. The topological polar surface area (TPSA) is 20.2 Å². The molecule has 0 aromatic rings. The largest absolute Gasteiger partial charge is 0.384 e. The van der Waals surface area contributed by atoms with E-state index in [1.165, 1.54) is 24.0 Å². The molecule has 0 aliphatic heterocycles. The molecule has 0 atom stereocenters. The maximum Gasteiger partial charge on any atom is 0.0973 e. The van der Waals surface area contributed by atoms with Crippen molar-refractivity contribution in [2.75, 3.05) is 0 Å². The van der Waals surface area contributed by atoms with Crippen LogP contribution in [0.3, 0.4) is 0 Å². The minimum Gasteiger partial charge on any atom is -0.384 e. The molecule has 4 bridgehead atoms. The van der Waals surface area contributed by atoms with Crippen molar-refractivity contribution in [3.05, 3.63) is 22.3 Å². The molecule has 0 spiro atoms. The average Bonchev–Trinajstić information content (AvgIpc) is 2.28. The lowest BCUT2D eigenvalue weighted by atomic mass is 9.73. The Kier molecular flexibility index (Phi) is 1.16. The van der Waals surface area contributed by atoms with Crippen molar-refractivity contribution in [2.24, 2.45) is 0 Å². The van der Waals surface area contributed by atoms with Gasteiger partial charge in [-0.15, -0.1) is 0 Å². The number of aliphatic hydroxyl groups is 1. The second kappa shape index (κ2) is 1.91. The van der Waals surface area contributed by atoms with E-state index in [4.69, 9.17) is 0 Å². The number of allylic oxidation sites excluding steroid dienone is 2. The standard InChI is InChI=1S/C9H9IO/c10-8-4-1-2-5(8)7-3-6(4)9(7)11/h8-9,11H,1-3H2. The zero-order valence-corrected chi connectivity index (χ0v) is 8.26. The second-order valence-electron chi connectivity index (χ2n) is 3.54. The van der Waals surface area contributed by atoms with Gasteiger partial charge in [0.05, 0.1) is 10.0 Å². The monoisotopic (exact) mass is 260 g/mol. The van der Waals surface area contributed by atoms with Gasteiger partial charge in [0.1, 0.15) is 0 Å². The first kappa shape index (κ1) is 6.66. The van der Waals surface area contributed by atoms with Gasteiger partial charge < -0.3 is 5.11 Å². The number of halogens is 1. The van der Waals surface area contributed by atoms with Crippen LogP contribution in [0.4, 0.5) is 0 Å². The van der Waals surface area contributed by atoms with Crippen LogP contribution in [0, 0.1) is 0 Å². The Morgan fingerprint density at radius 2 is 1.64 bits per heavy atom. The van der Waals surface area contributed by atoms with Crippen molar-refractivity contribution >= 4 is 22.6 Å². The summed E-state index contributed by atoms with van der Waals surface area (Å²) >= 11 is 2.50. The number of hydrogen-bond acceptors (Lipinski definition) is 1. The van der Waals surface area contributed by atoms with Crippen LogP contribution < -0.4 is 0 Å². The van der Waals surface area contributed by atoms with Crippen LogP contribution in [-0.2, 0) is 0 Å². The number of rotatable bonds is 0. The van der Waals surface area contributed by atoms with Gasteiger partial charge >= 0.3 is 0 Å². The molecule has 4 rings (SSSR count). The Hall–Kier alpha value is 0.170. The molecule has 1 N–H and O–H groups in total. The van der Waals surface area contributed by atoms with Crippen molar-refractivity contribution < 1.29 is 5.11 Å². The maximum absolute atomic E-state index is 9.61. The normalized spacial score (nSPS) is 39.8. The summed E-state index contributed by atoms with van der Waals surface area (Å²) in [6.45, 7) is 0. The summed E-state index contributed by atoms with van der Waals surface area (Å²) in [5.41, 5.74) is 5.78. The molecular weight excluding hydrogens is 251 g/mol. The van der Waals surface area contributed by atoms with Crippen LogP contribution in [-0.4, -0.2) is 15.1 Å². The Morgan fingerprint density at radius 1 is 1.09 bits per heavy atom. The van der Waals surface area contributed by atoms with Crippen LogP contribution in [0.2, 0.25) is 0 Å². The molecule has 0 unspecified atom stereocenters. The van der Waals surface area contributed by atoms with Gasteiger partial charge in [-0.3, -0.25) is 0 Å². The van der Waals surface area contributed by atoms with Gasteiger partial charge in [-0.25, -0.2) is 0 Å². The van der Waals surface area contributed by atoms with Gasteiger partial charge in [-0.05, 0) is 30.4 Å². The predicted molar refractivity (Wildman–Crippen MR) is 51.7 cm³/mol. The average molecular weight is 260 g/mol. The molecule has 4 aliphatic carbocycles. The van der Waals surface area contributed by atoms with Crippen LogP contribution in [0.25, 0.3) is 0 Å². The van der Waals surface area contributed by atoms with E-state index in [9.17, 15) is 5.11 Å². The quantitative estimate of drug-likeness (QED) is 0.401. The molecule has 0 aromatic heterocycles. The minimum atomic E-state index is -0.145. The zero-order valence-electron chi connectivity index (χ0n) is 6.10. The fraction of sp³-hybridized carbons (Fsp3) is 0.556. The van der Waals surface area contributed by atoms with E-state index in [1.807, 2.05) is 0 Å². The molecule has 0 radical (unpaired) electrons. The first-order chi connectivity index (χ1) is 5.29. The molecule has 2 saturated carbocycles. The third kappa shape index (κ3) is 0.617. The summed E-state index contributed by atoms with van der Waals surface area (Å²) in [7, 11) is 0. The Labute approximate surface area is 79.3 Å². The first-order valence-electron chi connectivity index (χ1n) is 4.05. The molecule has 58 valence electrons. The van der Waals surface area contributed by atoms with Gasteiger partial charge in [0.2, 0.25) is 0 Å². The number of hydrogen-bond donors (Lipinski definition) is 1. The van der Waals surface area contributed by atoms with E-state index in [-0.39, 0.29) is 6.10 Å². The van der Waals surface area contributed by atoms with Crippen molar-refractivity contribution in [3.8, 4) is 0 Å². The van der Waals surface area contributed by atoms with Gasteiger partial charge in [-0.2, -0.15) is 0 Å². The summed E-state index contributed by atoms with van der Waals surface area (Å²) in [6, 6.07) is 0. The lowest BCUT2D eigenvalue weighted by Crippen LogP contribution is -2.33. The SMILES string of the molecule is OC1C2=C3CCC(=C1C2)C3I. The molecule has 0 aromatic carbocycles. The molecule has 4 aliphatic rings. The van der Waals surface area contributed by atoms with E-state index in [1.54, 1.807) is 11.1 Å². The van der Waals surface area contributed by atoms with Crippen molar-refractivity contribution in [1.82, 2.24) is 0 Å². The summed E-state index contributed by atoms with van der Waals surface area (Å²) in [5.74, 6) is 0. The van der Waals surface area contributed by atoms with Crippen molar-refractivity contribution in [3.63, 3.8) is 0 Å². The fourth-order valence-corrected chi connectivity index (χ4v) is 3.86. The van der Waals surface area contributed by atoms with E-state index in [2.05, 4.69) is 22.6 Å². The van der Waals surface area contributed by atoms with E-state index in [0.29, 0.717) is 3.92 Å². The third-order valence-corrected chi connectivity index (χ3v) is 4.65. The first-order valence-corrected chi connectivity index (χ1v) is 5.29. The highest BCUT2D eigenvalue weighted by Crippen LogP contribution is 2.54. The van der Waals surface area contributed by atoms with Crippen LogP contribution in [0.5, 0.6) is 0 Å². The highest BCUT2D eigenvalue weighted by atomic mass is 127. The third-order valence-electron chi connectivity index (χ3n) is 3.14. The van der Waals surface area contributed by atoms with Crippen LogP contribution in [0.1, 0.15) is 19.3 Å². The molecule has 2 fully saturated rings. The van der Waals surface area contributed by atoms with Crippen molar-refractivity contribution in [1.29, 1.82) is 0 Å². The Morgan fingerprint density at radius 3 is 2.09 bits per heavy atom. The Balaban J connectivity index is 2.25. The van der Waals surface area contributed by atoms with E-state index in [0.717, 1.165) is 6.42 Å². The van der Waals surface area contributed by atoms with Gasteiger partial charge in [0.25, 0.3) is 0 Å². The van der Waals surface area contributed by atoms with E-state index < -0.39 is 0 Å². The highest BCUT2D eigenvalue weighted by Gasteiger charge is 2.44. The van der Waals surface area contributed by atoms with Crippen LogP contribution in [0.15, 0.2) is 22.3 Å². The summed E-state index contributed by atoms with van der Waals surface area (Å²) < 4.78 is 0.662. The minimum absolute atomic E-state index is 0.145. The molecular formula is C9H9IO. The zero-order chi connectivity index (χ0) is 7.59. The van der Waals surface area contributed by atoms with Crippen molar-refractivity contribution in [2.45, 2.75) is 29.3 Å².